The number of carbonyl (C=O) groups is 4. The summed E-state index contributed by atoms with van der Waals surface area (Å²) in [6.07, 6.45) is -0.789. The Morgan fingerprint density at radius 3 is 2.09 bits per heavy atom. The Balaban J connectivity index is 1.43. The fourth-order valence-electron chi connectivity index (χ4n) is 4.10. The van der Waals surface area contributed by atoms with Gasteiger partial charge in [0.25, 0.3) is 11.8 Å². The number of benzene rings is 2. The Bertz CT molecular complexity index is 1100. The van der Waals surface area contributed by atoms with Gasteiger partial charge in [-0.2, -0.15) is 11.8 Å². The maximum atomic E-state index is 12.8. The summed E-state index contributed by atoms with van der Waals surface area (Å²) in [5.74, 6) is -1.98. The van der Waals surface area contributed by atoms with Gasteiger partial charge in [0, 0.05) is 29.3 Å². The molecule has 1 aliphatic carbocycles. The van der Waals surface area contributed by atoms with Gasteiger partial charge >= 0.3 is 12.1 Å². The van der Waals surface area contributed by atoms with Crippen LogP contribution >= 0.6 is 11.8 Å². The molecule has 9 heteroatoms. The van der Waals surface area contributed by atoms with Crippen LogP contribution in [0.15, 0.2) is 48.5 Å². The quantitative estimate of drug-likeness (QED) is 0.578. The zero-order valence-corrected chi connectivity index (χ0v) is 20.7. The topological polar surface area (TPSA) is 102 Å². The van der Waals surface area contributed by atoms with E-state index in [0.29, 0.717) is 5.06 Å². The molecule has 1 unspecified atom stereocenters. The van der Waals surface area contributed by atoms with E-state index in [4.69, 9.17) is 9.57 Å². The largest absolute Gasteiger partial charge is 0.449 e. The van der Waals surface area contributed by atoms with E-state index in [1.54, 1.807) is 0 Å². The van der Waals surface area contributed by atoms with E-state index in [9.17, 15) is 19.2 Å². The highest BCUT2D eigenvalue weighted by atomic mass is 32.2. The number of thioether (sulfide) groups is 1. The number of ether oxygens (including phenoxy) is 1. The standard InChI is InChI=1S/C26H28N2O6S/c1-26(2,3)35-15-21(24(31)34-28-22(29)12-13-23(28)30)27-25(32)33-14-20-18-10-6-4-8-16(18)17-9-5-7-11-19(17)20/h4-11,20-21H,12-15H2,1-3H3,(H,27,32). The number of imide groups is 1. The van der Waals surface area contributed by atoms with Gasteiger partial charge in [-0.25, -0.2) is 9.59 Å². The van der Waals surface area contributed by atoms with E-state index in [1.807, 2.05) is 69.3 Å². The van der Waals surface area contributed by atoms with Crippen molar-refractivity contribution in [3.63, 3.8) is 0 Å². The first-order valence-electron chi connectivity index (χ1n) is 11.5. The minimum absolute atomic E-state index is 0.00662. The van der Waals surface area contributed by atoms with E-state index >= 15 is 0 Å². The lowest BCUT2D eigenvalue weighted by atomic mass is 9.98. The highest BCUT2D eigenvalue weighted by Crippen LogP contribution is 2.44. The molecule has 35 heavy (non-hydrogen) atoms. The zero-order valence-electron chi connectivity index (χ0n) is 19.9. The fraction of sp³-hybridized carbons (Fsp3) is 0.385. The third-order valence-electron chi connectivity index (χ3n) is 5.79. The summed E-state index contributed by atoms with van der Waals surface area (Å²) in [5, 5.41) is 3.04. The van der Waals surface area contributed by atoms with Crippen molar-refractivity contribution in [3.05, 3.63) is 59.7 Å². The molecular formula is C26H28N2O6S. The molecule has 1 N–H and O–H groups in total. The smallest absolute Gasteiger partial charge is 0.407 e. The lowest BCUT2D eigenvalue weighted by Gasteiger charge is -2.24. The zero-order chi connectivity index (χ0) is 25.2. The number of nitrogens with one attached hydrogen (secondary N) is 1. The van der Waals surface area contributed by atoms with Crippen LogP contribution in [0.4, 0.5) is 4.79 Å². The molecule has 0 bridgehead atoms. The Labute approximate surface area is 208 Å². The third kappa shape index (κ3) is 5.67. The van der Waals surface area contributed by atoms with Crippen molar-refractivity contribution in [1.82, 2.24) is 10.4 Å². The van der Waals surface area contributed by atoms with Crippen molar-refractivity contribution in [2.24, 2.45) is 0 Å². The maximum Gasteiger partial charge on any atom is 0.407 e. The van der Waals surface area contributed by atoms with Crippen LogP contribution in [-0.2, 0) is 24.0 Å². The predicted molar refractivity (Wildman–Crippen MR) is 131 cm³/mol. The lowest BCUT2D eigenvalue weighted by molar-refractivity contribution is -0.198. The van der Waals surface area contributed by atoms with Crippen LogP contribution in [0.25, 0.3) is 11.1 Å². The van der Waals surface area contributed by atoms with Gasteiger partial charge in [-0.3, -0.25) is 9.59 Å². The van der Waals surface area contributed by atoms with Gasteiger partial charge in [0.15, 0.2) is 0 Å². The van der Waals surface area contributed by atoms with Gasteiger partial charge in [0.2, 0.25) is 0 Å². The van der Waals surface area contributed by atoms with Gasteiger partial charge < -0.3 is 14.9 Å². The van der Waals surface area contributed by atoms with Gasteiger partial charge in [0.1, 0.15) is 12.6 Å². The van der Waals surface area contributed by atoms with Gasteiger partial charge in [0.05, 0.1) is 0 Å². The van der Waals surface area contributed by atoms with Crippen molar-refractivity contribution >= 4 is 35.6 Å². The normalized spacial score (nSPS) is 16.0. The van der Waals surface area contributed by atoms with Crippen LogP contribution in [0.2, 0.25) is 0 Å². The molecule has 1 saturated heterocycles. The molecule has 8 nitrogen and oxygen atoms in total. The summed E-state index contributed by atoms with van der Waals surface area (Å²) in [4.78, 5) is 54.2. The first-order valence-corrected chi connectivity index (χ1v) is 12.5. The molecule has 2 aromatic rings. The molecule has 0 radical (unpaired) electrons. The summed E-state index contributed by atoms with van der Waals surface area (Å²) in [7, 11) is 0. The van der Waals surface area contributed by atoms with Crippen LogP contribution in [0.1, 0.15) is 50.7 Å². The molecule has 2 aliphatic rings. The molecule has 4 rings (SSSR count). The second-order valence-corrected chi connectivity index (χ2v) is 11.3. The highest BCUT2D eigenvalue weighted by molar-refractivity contribution is 8.00. The van der Waals surface area contributed by atoms with Gasteiger partial charge in [-0.1, -0.05) is 69.3 Å². The van der Waals surface area contributed by atoms with E-state index in [0.717, 1.165) is 22.3 Å². The summed E-state index contributed by atoms with van der Waals surface area (Å²) in [5.41, 5.74) is 4.37. The summed E-state index contributed by atoms with van der Waals surface area (Å²) >= 11 is 1.44. The molecule has 1 atom stereocenters. The molecule has 0 aromatic heterocycles. The molecule has 0 saturated carbocycles. The van der Waals surface area contributed by atoms with Crippen molar-refractivity contribution in [2.75, 3.05) is 12.4 Å². The highest BCUT2D eigenvalue weighted by Gasteiger charge is 2.36. The number of rotatable bonds is 7. The van der Waals surface area contributed by atoms with Crippen LogP contribution < -0.4 is 5.32 Å². The Hall–Kier alpha value is -3.33. The van der Waals surface area contributed by atoms with Crippen LogP contribution in [0, 0.1) is 0 Å². The molecule has 0 spiro atoms. The van der Waals surface area contributed by atoms with Crippen molar-refractivity contribution in [2.45, 2.75) is 50.3 Å². The van der Waals surface area contributed by atoms with Crippen LogP contribution in [-0.4, -0.2) is 52.1 Å². The number of hydrogen-bond donors (Lipinski definition) is 1. The first-order chi connectivity index (χ1) is 16.6. The molecule has 3 amide bonds. The molecule has 1 aliphatic heterocycles. The fourth-order valence-corrected chi connectivity index (χ4v) is 4.98. The number of carbonyl (C=O) groups excluding carboxylic acids is 4. The predicted octanol–water partition coefficient (Wildman–Crippen LogP) is 4.03. The molecule has 1 heterocycles. The van der Waals surface area contributed by atoms with Crippen molar-refractivity contribution in [1.29, 1.82) is 0 Å². The second-order valence-electron chi connectivity index (χ2n) is 9.44. The van der Waals surface area contributed by atoms with Crippen molar-refractivity contribution in [3.8, 4) is 11.1 Å². The van der Waals surface area contributed by atoms with Gasteiger partial charge in [-0.05, 0) is 22.3 Å². The first kappa shape index (κ1) is 24.8. The van der Waals surface area contributed by atoms with Gasteiger partial charge in [-0.15, -0.1) is 5.06 Å². The third-order valence-corrected chi connectivity index (χ3v) is 7.16. The molecule has 184 valence electrons. The lowest BCUT2D eigenvalue weighted by Crippen LogP contribution is -2.47. The Morgan fingerprint density at radius 2 is 1.54 bits per heavy atom. The number of hydroxylamine groups is 2. The van der Waals surface area contributed by atoms with E-state index in [1.165, 1.54) is 11.8 Å². The number of fused-ring (bicyclic) bond motifs is 3. The number of amides is 3. The molecular weight excluding hydrogens is 468 g/mol. The Kier molecular flexibility index (Phi) is 7.16. The molecule has 2 aromatic carbocycles. The van der Waals surface area contributed by atoms with Crippen LogP contribution in [0.5, 0.6) is 0 Å². The minimum Gasteiger partial charge on any atom is -0.449 e. The second kappa shape index (κ2) is 10.1. The summed E-state index contributed by atoms with van der Waals surface area (Å²) in [6, 6.07) is 14.9. The van der Waals surface area contributed by atoms with Crippen molar-refractivity contribution < 1.29 is 28.8 Å². The average Bonchev–Trinajstić information content (AvgIpc) is 3.31. The Morgan fingerprint density at radius 1 is 1.00 bits per heavy atom. The van der Waals surface area contributed by atoms with E-state index < -0.39 is 29.9 Å². The molecule has 1 fully saturated rings. The summed E-state index contributed by atoms with van der Waals surface area (Å²) in [6.45, 7) is 6.01. The number of hydrogen-bond acceptors (Lipinski definition) is 7. The minimum atomic E-state index is -1.10. The van der Waals surface area contributed by atoms with Crippen LogP contribution in [0.3, 0.4) is 0 Å². The maximum absolute atomic E-state index is 12.8. The number of alkyl carbamates (subject to hydrolysis) is 1. The summed E-state index contributed by atoms with van der Waals surface area (Å²) < 4.78 is 5.36. The van der Waals surface area contributed by atoms with E-state index in [-0.39, 0.29) is 35.9 Å². The monoisotopic (exact) mass is 496 g/mol. The van der Waals surface area contributed by atoms with E-state index in [2.05, 4.69) is 5.32 Å². The SMILES string of the molecule is CC(C)(C)SCC(NC(=O)OCC1c2ccccc2-c2ccccc21)C(=O)ON1C(=O)CCC1=O. The number of nitrogens with zero attached hydrogens (tertiary/aromatic N) is 1. The average molecular weight is 497 g/mol.